The zero-order chi connectivity index (χ0) is 26.5. The zero-order valence-electron chi connectivity index (χ0n) is 25.1. The summed E-state index contributed by atoms with van der Waals surface area (Å²) < 4.78 is 29.1. The van der Waals surface area contributed by atoms with Crippen LogP contribution in [-0.2, 0) is 13.1 Å². The molecule has 2 aliphatic rings. The van der Waals surface area contributed by atoms with E-state index >= 15 is 0 Å². The lowest BCUT2D eigenvalue weighted by Crippen LogP contribution is -3.00. The number of rotatable bonds is 15. The van der Waals surface area contributed by atoms with Crippen LogP contribution >= 0.6 is 0 Å². The highest BCUT2D eigenvalue weighted by Crippen LogP contribution is 2.20. The fraction of sp³-hybridized carbons (Fsp3) is 0.625. The molecule has 0 amide bonds. The number of quaternary nitrogens is 4. The third-order valence-electron chi connectivity index (χ3n) is 9.11. The standard InChI is InChI=1S/C32H50F2N4.4ClH/c33-31-13-9-29(10-14-31)27-37(23-17-35-18-24-37)21-7-5-3-1-2-4-6-8-22-38(25-19-36-20-26-38)28-30-11-15-32(34)16-12-30;;;;/h9-16,35-36H,1-8,17-28H2;4*1H/q+2;;;;/p-2. The predicted octanol–water partition coefficient (Wildman–Crippen LogP) is -8.41. The van der Waals surface area contributed by atoms with Crippen LogP contribution in [0.4, 0.5) is 8.78 Å². The zero-order valence-corrected chi connectivity index (χ0v) is 28.1. The highest BCUT2D eigenvalue weighted by Gasteiger charge is 2.32. The first-order valence-electron chi connectivity index (χ1n) is 15.4. The van der Waals surface area contributed by atoms with Crippen molar-refractivity contribution >= 4 is 0 Å². The van der Waals surface area contributed by atoms with E-state index in [0.717, 1.165) is 13.1 Å². The van der Waals surface area contributed by atoms with Gasteiger partial charge in [-0.1, -0.05) is 49.9 Å². The summed E-state index contributed by atoms with van der Waals surface area (Å²) in [4.78, 5) is 0. The van der Waals surface area contributed by atoms with Gasteiger partial charge in [-0.05, 0) is 49.9 Å². The molecule has 4 nitrogen and oxygen atoms in total. The Morgan fingerprint density at radius 1 is 0.452 bits per heavy atom. The molecule has 4 N–H and O–H groups in total. The quantitative estimate of drug-likeness (QED) is 0.140. The SMILES string of the molecule is Fc1ccc(C[N+]2(CCCCCCCCCC[N+]3(Cc4ccc(F)cc4)CC[NH2+]CC3)CC[NH2+]CC2)cc1.[Cl-].[Cl-].[Cl-].[Cl-]. The van der Waals surface area contributed by atoms with Crippen molar-refractivity contribution in [1.29, 1.82) is 0 Å². The van der Waals surface area contributed by atoms with Crippen molar-refractivity contribution in [3.8, 4) is 0 Å². The first-order valence-corrected chi connectivity index (χ1v) is 15.4. The summed E-state index contributed by atoms with van der Waals surface area (Å²) in [6.45, 7) is 14.4. The van der Waals surface area contributed by atoms with E-state index in [1.807, 2.05) is 24.3 Å². The summed E-state index contributed by atoms with van der Waals surface area (Å²) in [5.74, 6) is -0.271. The number of hydrogen-bond acceptors (Lipinski definition) is 0. The Balaban J connectivity index is 0.00000420. The van der Waals surface area contributed by atoms with Crippen LogP contribution in [0.15, 0.2) is 48.5 Å². The fourth-order valence-corrected chi connectivity index (χ4v) is 6.80. The highest BCUT2D eigenvalue weighted by atomic mass is 35.5. The number of halogens is 6. The van der Waals surface area contributed by atoms with Gasteiger partial charge in [0, 0.05) is 11.1 Å². The van der Waals surface area contributed by atoms with Gasteiger partial charge in [0.1, 0.15) is 77.1 Å². The minimum Gasteiger partial charge on any atom is -1.00 e. The Bertz CT molecular complexity index is 861. The van der Waals surface area contributed by atoms with E-state index in [9.17, 15) is 8.78 Å². The molecule has 42 heavy (non-hydrogen) atoms. The molecular weight excluding hydrogens is 620 g/mol. The largest absolute Gasteiger partial charge is 1.00 e. The molecule has 10 heteroatoms. The van der Waals surface area contributed by atoms with E-state index < -0.39 is 0 Å². The molecule has 0 radical (unpaired) electrons. The van der Waals surface area contributed by atoms with Crippen LogP contribution in [0.1, 0.15) is 62.5 Å². The smallest absolute Gasteiger partial charge is 0.129 e. The predicted molar refractivity (Wildman–Crippen MR) is 150 cm³/mol. The Morgan fingerprint density at radius 2 is 0.738 bits per heavy atom. The molecule has 2 aromatic rings. The molecule has 2 aliphatic heterocycles. The first kappa shape index (κ1) is 41.3. The van der Waals surface area contributed by atoms with E-state index in [2.05, 4.69) is 10.6 Å². The number of nitrogens with two attached hydrogens (primary N) is 2. The van der Waals surface area contributed by atoms with Gasteiger partial charge in [0.15, 0.2) is 0 Å². The maximum Gasteiger partial charge on any atom is 0.129 e. The fourth-order valence-electron chi connectivity index (χ4n) is 6.80. The second-order valence-corrected chi connectivity index (χ2v) is 12.2. The van der Waals surface area contributed by atoms with Crippen molar-refractivity contribution < 1.29 is 78.0 Å². The second-order valence-electron chi connectivity index (χ2n) is 12.2. The summed E-state index contributed by atoms with van der Waals surface area (Å²) >= 11 is 0. The molecule has 0 saturated carbocycles. The van der Waals surface area contributed by atoms with Crippen LogP contribution in [0.25, 0.3) is 0 Å². The molecule has 0 atom stereocenters. The minimum atomic E-state index is -0.136. The monoisotopic (exact) mass is 670 g/mol. The van der Waals surface area contributed by atoms with Crippen LogP contribution < -0.4 is 60.3 Å². The number of nitrogens with zero attached hydrogens (tertiary/aromatic N) is 2. The molecule has 2 saturated heterocycles. The van der Waals surface area contributed by atoms with Gasteiger partial charge in [-0.25, -0.2) is 8.78 Å². The summed E-state index contributed by atoms with van der Waals surface area (Å²) in [5, 5.41) is 4.88. The van der Waals surface area contributed by atoms with Gasteiger partial charge in [-0.3, -0.25) is 0 Å². The summed E-state index contributed by atoms with van der Waals surface area (Å²) in [5.41, 5.74) is 2.55. The summed E-state index contributed by atoms with van der Waals surface area (Å²) in [7, 11) is 0. The number of piperazine rings is 2. The lowest BCUT2D eigenvalue weighted by Gasteiger charge is -2.40. The van der Waals surface area contributed by atoms with Gasteiger partial charge < -0.3 is 69.2 Å². The summed E-state index contributed by atoms with van der Waals surface area (Å²) in [6, 6.07) is 14.3. The summed E-state index contributed by atoms with van der Waals surface area (Å²) in [6.07, 6.45) is 10.7. The van der Waals surface area contributed by atoms with Crippen molar-refractivity contribution in [2.24, 2.45) is 0 Å². The number of unbranched alkanes of at least 4 members (excludes halogenated alkanes) is 7. The van der Waals surface area contributed by atoms with E-state index in [0.29, 0.717) is 0 Å². The molecule has 2 aromatic carbocycles. The maximum absolute atomic E-state index is 13.4. The Labute approximate surface area is 278 Å². The highest BCUT2D eigenvalue weighted by molar-refractivity contribution is 5.15. The van der Waals surface area contributed by atoms with Gasteiger partial charge in [0.05, 0.1) is 13.1 Å². The van der Waals surface area contributed by atoms with Crippen LogP contribution in [0, 0.1) is 11.6 Å². The topological polar surface area (TPSA) is 33.2 Å². The van der Waals surface area contributed by atoms with E-state index in [1.165, 1.54) is 137 Å². The Hall–Kier alpha value is -0.700. The van der Waals surface area contributed by atoms with Crippen LogP contribution in [0.2, 0.25) is 0 Å². The molecule has 4 rings (SSSR count). The lowest BCUT2D eigenvalue weighted by molar-refractivity contribution is -0.978. The normalized spacial score (nSPS) is 17.1. The molecule has 0 aromatic heterocycles. The van der Waals surface area contributed by atoms with E-state index in [-0.39, 0.29) is 61.3 Å². The molecule has 0 aliphatic carbocycles. The average molecular weight is 673 g/mol. The molecule has 0 bridgehead atoms. The third-order valence-corrected chi connectivity index (χ3v) is 9.11. The van der Waals surface area contributed by atoms with Crippen molar-refractivity contribution in [1.82, 2.24) is 0 Å². The Kier molecular flexibility index (Phi) is 21.5. The first-order chi connectivity index (χ1) is 18.6. The Morgan fingerprint density at radius 3 is 1.05 bits per heavy atom. The van der Waals surface area contributed by atoms with Crippen molar-refractivity contribution in [3.05, 3.63) is 71.3 Å². The van der Waals surface area contributed by atoms with Gasteiger partial charge >= 0.3 is 0 Å². The van der Waals surface area contributed by atoms with Crippen molar-refractivity contribution in [2.75, 3.05) is 65.4 Å². The van der Waals surface area contributed by atoms with Crippen LogP contribution in [0.3, 0.4) is 0 Å². The van der Waals surface area contributed by atoms with Crippen LogP contribution in [0.5, 0.6) is 0 Å². The number of benzene rings is 2. The molecule has 2 heterocycles. The van der Waals surface area contributed by atoms with Crippen LogP contribution in [-0.4, -0.2) is 74.4 Å². The van der Waals surface area contributed by atoms with Crippen molar-refractivity contribution in [3.63, 3.8) is 0 Å². The third kappa shape index (κ3) is 13.9. The average Bonchev–Trinajstić information content (AvgIpc) is 2.93. The molecular formula is C32H52Cl4F2N4. The van der Waals surface area contributed by atoms with E-state index in [1.54, 1.807) is 24.3 Å². The van der Waals surface area contributed by atoms with E-state index in [4.69, 9.17) is 0 Å². The number of hydrogen-bond donors (Lipinski definition) is 2. The van der Waals surface area contributed by atoms with Crippen molar-refractivity contribution in [2.45, 2.75) is 64.5 Å². The molecule has 242 valence electrons. The van der Waals surface area contributed by atoms with Gasteiger partial charge in [0.25, 0.3) is 0 Å². The van der Waals surface area contributed by atoms with Gasteiger partial charge in [0.2, 0.25) is 0 Å². The molecule has 0 unspecified atom stereocenters. The maximum atomic E-state index is 13.4. The minimum absolute atomic E-state index is 0. The lowest BCUT2D eigenvalue weighted by atomic mass is 10.1. The molecule has 2 fully saturated rings. The molecule has 0 spiro atoms. The van der Waals surface area contributed by atoms with Gasteiger partial charge in [-0.2, -0.15) is 0 Å². The second kappa shape index (κ2) is 21.9. The van der Waals surface area contributed by atoms with Gasteiger partial charge in [-0.15, -0.1) is 0 Å².